The van der Waals surface area contributed by atoms with Gasteiger partial charge in [-0.25, -0.2) is 0 Å². The van der Waals surface area contributed by atoms with Crippen LogP contribution in [-0.2, 0) is 6.42 Å². The number of aryl methyl sites for hydroxylation is 1. The Labute approximate surface area is 186 Å². The van der Waals surface area contributed by atoms with Crippen LogP contribution in [0.4, 0.5) is 0 Å². The van der Waals surface area contributed by atoms with Gasteiger partial charge in [0.05, 0.1) is 5.52 Å². The SMILES string of the molecule is C1=CCC(C2=CCN(CCCCCc3cnc4ccccc4c3)C=C2)=CC1.Cl.Cl. The molecule has 1 aromatic carbocycles. The summed E-state index contributed by atoms with van der Waals surface area (Å²) >= 11 is 0. The lowest BCUT2D eigenvalue weighted by molar-refractivity contribution is 0.393. The van der Waals surface area contributed by atoms with Crippen molar-refractivity contribution in [1.29, 1.82) is 0 Å². The third kappa shape index (κ3) is 6.48. The van der Waals surface area contributed by atoms with Crippen molar-refractivity contribution in [3.63, 3.8) is 0 Å². The van der Waals surface area contributed by atoms with Crippen molar-refractivity contribution < 1.29 is 0 Å². The molecule has 2 aromatic rings. The zero-order valence-electron chi connectivity index (χ0n) is 16.8. The van der Waals surface area contributed by atoms with Crippen molar-refractivity contribution in [2.24, 2.45) is 0 Å². The number of pyridine rings is 1. The summed E-state index contributed by atoms with van der Waals surface area (Å²) in [5.74, 6) is 0. The molecule has 4 heteroatoms. The Morgan fingerprint density at radius 1 is 0.966 bits per heavy atom. The lowest BCUT2D eigenvalue weighted by Gasteiger charge is -2.23. The quantitative estimate of drug-likeness (QED) is 0.355. The zero-order valence-corrected chi connectivity index (χ0v) is 18.4. The fourth-order valence-electron chi connectivity index (χ4n) is 3.84. The molecule has 0 saturated heterocycles. The second-order valence-corrected chi connectivity index (χ2v) is 7.46. The van der Waals surface area contributed by atoms with E-state index in [1.165, 1.54) is 41.4 Å². The predicted molar refractivity (Wildman–Crippen MR) is 129 cm³/mol. The fourth-order valence-corrected chi connectivity index (χ4v) is 3.84. The van der Waals surface area contributed by atoms with E-state index < -0.39 is 0 Å². The first-order chi connectivity index (χ1) is 13.4. The number of allylic oxidation sites excluding steroid dienone is 6. The van der Waals surface area contributed by atoms with E-state index in [0.717, 1.165) is 37.9 Å². The van der Waals surface area contributed by atoms with Crippen LogP contribution in [0.3, 0.4) is 0 Å². The molecule has 0 bridgehead atoms. The first-order valence-corrected chi connectivity index (χ1v) is 10.2. The number of benzene rings is 1. The molecule has 154 valence electrons. The number of hydrogen-bond donors (Lipinski definition) is 0. The molecule has 0 spiro atoms. The molecule has 2 nitrogen and oxygen atoms in total. The maximum Gasteiger partial charge on any atom is 0.0702 e. The van der Waals surface area contributed by atoms with Crippen molar-refractivity contribution >= 4 is 35.7 Å². The third-order valence-corrected chi connectivity index (χ3v) is 5.44. The van der Waals surface area contributed by atoms with Crippen molar-refractivity contribution in [2.45, 2.75) is 38.5 Å². The molecule has 29 heavy (non-hydrogen) atoms. The van der Waals surface area contributed by atoms with Crippen molar-refractivity contribution in [1.82, 2.24) is 9.88 Å². The van der Waals surface area contributed by atoms with E-state index in [-0.39, 0.29) is 24.8 Å². The highest BCUT2D eigenvalue weighted by molar-refractivity contribution is 5.85. The van der Waals surface area contributed by atoms with Gasteiger partial charge < -0.3 is 4.90 Å². The Morgan fingerprint density at radius 3 is 2.66 bits per heavy atom. The van der Waals surface area contributed by atoms with Crippen LogP contribution in [0.25, 0.3) is 10.9 Å². The van der Waals surface area contributed by atoms with E-state index >= 15 is 0 Å². The van der Waals surface area contributed by atoms with E-state index in [1.807, 2.05) is 12.3 Å². The minimum absolute atomic E-state index is 0. The standard InChI is InChI=1S/C25H28N2.2ClH/c1-4-10-22(11-5-1)23-14-17-27(18-15-23)16-8-2-3-9-21-19-24-12-6-7-13-25(24)26-20-21;;/h1,4,6-7,11-15,17,19-20H,2-3,5,8-10,16,18H2;2*1H. The highest BCUT2D eigenvalue weighted by Crippen LogP contribution is 2.23. The van der Waals surface area contributed by atoms with Crippen molar-refractivity contribution in [3.8, 4) is 0 Å². The molecule has 2 aliphatic rings. The molecule has 0 radical (unpaired) electrons. The summed E-state index contributed by atoms with van der Waals surface area (Å²) in [5, 5.41) is 1.25. The smallest absolute Gasteiger partial charge is 0.0702 e. The Kier molecular flexibility index (Phi) is 9.50. The number of halogens is 2. The predicted octanol–water partition coefficient (Wildman–Crippen LogP) is 6.82. The lowest BCUT2D eigenvalue weighted by Crippen LogP contribution is -2.21. The monoisotopic (exact) mass is 428 g/mol. The Morgan fingerprint density at radius 2 is 1.86 bits per heavy atom. The highest BCUT2D eigenvalue weighted by atomic mass is 35.5. The van der Waals surface area contributed by atoms with Gasteiger partial charge in [-0.1, -0.05) is 48.9 Å². The summed E-state index contributed by atoms with van der Waals surface area (Å²) in [4.78, 5) is 7.00. The summed E-state index contributed by atoms with van der Waals surface area (Å²) in [7, 11) is 0. The maximum absolute atomic E-state index is 4.57. The summed E-state index contributed by atoms with van der Waals surface area (Å²) in [5.41, 5.74) is 5.34. The van der Waals surface area contributed by atoms with Gasteiger partial charge in [0.1, 0.15) is 0 Å². The number of fused-ring (bicyclic) bond motifs is 1. The molecule has 0 N–H and O–H groups in total. The molecular weight excluding hydrogens is 399 g/mol. The average molecular weight is 429 g/mol. The number of nitrogens with zero attached hydrogens (tertiary/aromatic N) is 2. The van der Waals surface area contributed by atoms with Crippen LogP contribution < -0.4 is 0 Å². The Balaban J connectivity index is 0.00000150. The number of rotatable bonds is 7. The maximum atomic E-state index is 4.57. The summed E-state index contributed by atoms with van der Waals surface area (Å²) in [6.07, 6.45) is 22.9. The molecule has 2 heterocycles. The average Bonchev–Trinajstić information content (AvgIpc) is 2.74. The highest BCUT2D eigenvalue weighted by Gasteiger charge is 2.08. The van der Waals surface area contributed by atoms with Crippen LogP contribution in [0.5, 0.6) is 0 Å². The van der Waals surface area contributed by atoms with Gasteiger partial charge in [-0.05, 0) is 73.2 Å². The van der Waals surface area contributed by atoms with Crippen LogP contribution >= 0.6 is 24.8 Å². The van der Waals surface area contributed by atoms with Crippen molar-refractivity contribution in [2.75, 3.05) is 13.1 Å². The number of hydrogen-bond acceptors (Lipinski definition) is 2. The molecule has 0 saturated carbocycles. The van der Waals surface area contributed by atoms with E-state index in [2.05, 4.69) is 70.7 Å². The second-order valence-electron chi connectivity index (χ2n) is 7.46. The first kappa shape index (κ1) is 23.3. The van der Waals surface area contributed by atoms with Crippen LogP contribution in [-0.4, -0.2) is 23.0 Å². The molecule has 4 rings (SSSR count). The number of aromatic nitrogens is 1. The zero-order chi connectivity index (χ0) is 18.3. The minimum Gasteiger partial charge on any atom is -0.374 e. The van der Waals surface area contributed by atoms with Crippen LogP contribution in [0, 0.1) is 0 Å². The summed E-state index contributed by atoms with van der Waals surface area (Å²) in [6, 6.07) is 10.6. The van der Waals surface area contributed by atoms with Gasteiger partial charge in [-0.3, -0.25) is 4.98 Å². The van der Waals surface area contributed by atoms with Crippen LogP contribution in [0.15, 0.2) is 84.3 Å². The molecule has 0 atom stereocenters. The second kappa shape index (κ2) is 11.8. The number of para-hydroxylation sites is 1. The molecule has 0 amide bonds. The van der Waals surface area contributed by atoms with E-state index in [0.29, 0.717) is 0 Å². The first-order valence-electron chi connectivity index (χ1n) is 10.2. The molecule has 1 aliphatic carbocycles. The molecule has 1 aliphatic heterocycles. The van der Waals surface area contributed by atoms with Gasteiger partial charge in [0.2, 0.25) is 0 Å². The van der Waals surface area contributed by atoms with E-state index in [9.17, 15) is 0 Å². The molecule has 0 unspecified atom stereocenters. The minimum atomic E-state index is 0. The van der Waals surface area contributed by atoms with Gasteiger partial charge in [0.15, 0.2) is 0 Å². The van der Waals surface area contributed by atoms with Gasteiger partial charge >= 0.3 is 0 Å². The summed E-state index contributed by atoms with van der Waals surface area (Å²) < 4.78 is 0. The van der Waals surface area contributed by atoms with Crippen molar-refractivity contribution in [3.05, 3.63) is 89.8 Å². The van der Waals surface area contributed by atoms with E-state index in [1.54, 1.807) is 0 Å². The fraction of sp³-hybridized carbons (Fsp3) is 0.320. The topological polar surface area (TPSA) is 16.1 Å². The Bertz CT molecular complexity index is 912. The van der Waals surface area contributed by atoms with E-state index in [4.69, 9.17) is 0 Å². The molecule has 0 fully saturated rings. The largest absolute Gasteiger partial charge is 0.374 e. The van der Waals surface area contributed by atoms with Gasteiger partial charge in [-0.2, -0.15) is 0 Å². The van der Waals surface area contributed by atoms with Gasteiger partial charge in [0.25, 0.3) is 0 Å². The van der Waals surface area contributed by atoms with Crippen LogP contribution in [0.2, 0.25) is 0 Å². The number of unbranched alkanes of at least 4 members (excludes halogenated alkanes) is 2. The molecular formula is C25H30Cl2N2. The summed E-state index contributed by atoms with van der Waals surface area (Å²) in [6.45, 7) is 2.19. The van der Waals surface area contributed by atoms with Gasteiger partial charge in [0, 0.05) is 24.7 Å². The molecule has 1 aromatic heterocycles. The normalized spacial score (nSPS) is 15.4. The Hall–Kier alpha value is -2.03. The lowest BCUT2D eigenvalue weighted by atomic mass is 9.96. The van der Waals surface area contributed by atoms with Crippen LogP contribution in [0.1, 0.15) is 37.7 Å². The third-order valence-electron chi connectivity index (χ3n) is 5.44. The van der Waals surface area contributed by atoms with Gasteiger partial charge in [-0.15, -0.1) is 24.8 Å².